The molecule has 104 valence electrons. The highest BCUT2D eigenvalue weighted by atomic mass is 32.2. The third-order valence-electron chi connectivity index (χ3n) is 3.39. The number of carbonyl (C=O) groups excluding carboxylic acids is 1. The number of amides is 1. The molecule has 1 fully saturated rings. The maximum absolute atomic E-state index is 12.2. The Bertz CT molecular complexity index is 663. The number of aryl methyl sites for hydroxylation is 1. The number of carbonyl (C=O) groups is 1. The van der Waals surface area contributed by atoms with Gasteiger partial charge in [0, 0.05) is 32.6 Å². The van der Waals surface area contributed by atoms with Crippen molar-refractivity contribution in [3.63, 3.8) is 0 Å². The quantitative estimate of drug-likeness (QED) is 0.743. The summed E-state index contributed by atoms with van der Waals surface area (Å²) in [6.45, 7) is 0.532. The average Bonchev–Trinajstić information content (AvgIpc) is 2.81. The summed E-state index contributed by atoms with van der Waals surface area (Å²) in [7, 11) is -1.57. The van der Waals surface area contributed by atoms with Crippen LogP contribution in [-0.4, -0.2) is 48.4 Å². The van der Waals surface area contributed by atoms with Gasteiger partial charge in [-0.05, 0) is 18.6 Å². The number of hydrogen-bond acceptors (Lipinski definition) is 4. The lowest BCUT2D eigenvalue weighted by atomic mass is 10.2. The van der Waals surface area contributed by atoms with Crippen LogP contribution < -0.4 is 5.56 Å². The van der Waals surface area contributed by atoms with Crippen LogP contribution in [0.25, 0.3) is 0 Å². The van der Waals surface area contributed by atoms with Crippen molar-refractivity contribution in [1.82, 2.24) is 9.47 Å². The van der Waals surface area contributed by atoms with Crippen LogP contribution in [0.4, 0.5) is 0 Å². The Balaban J connectivity index is 2.23. The second kappa shape index (κ2) is 4.80. The van der Waals surface area contributed by atoms with Gasteiger partial charge in [-0.1, -0.05) is 0 Å². The number of pyridine rings is 1. The minimum absolute atomic E-state index is 0.0825. The van der Waals surface area contributed by atoms with Gasteiger partial charge in [0.15, 0.2) is 9.84 Å². The number of nitrogens with zero attached hydrogens (tertiary/aromatic N) is 2. The molecule has 1 aromatic rings. The lowest BCUT2D eigenvalue weighted by Crippen LogP contribution is -2.36. The van der Waals surface area contributed by atoms with E-state index in [0.717, 1.165) is 0 Å². The molecular weight excluding hydrogens is 268 g/mol. The summed E-state index contributed by atoms with van der Waals surface area (Å²) in [5.74, 6) is -0.396. The smallest absolute Gasteiger partial charge is 0.263 e. The molecule has 6 nitrogen and oxygen atoms in total. The minimum atomic E-state index is -3.15. The predicted molar refractivity (Wildman–Crippen MR) is 70.8 cm³/mol. The molecule has 1 aliphatic heterocycles. The Hall–Kier alpha value is -1.63. The van der Waals surface area contributed by atoms with Crippen LogP contribution in [0.5, 0.6) is 0 Å². The van der Waals surface area contributed by atoms with E-state index in [1.54, 1.807) is 19.3 Å². The summed E-state index contributed by atoms with van der Waals surface area (Å²) >= 11 is 0. The van der Waals surface area contributed by atoms with Crippen molar-refractivity contribution in [2.45, 2.75) is 11.7 Å². The van der Waals surface area contributed by atoms with Crippen LogP contribution in [0.3, 0.4) is 0 Å². The van der Waals surface area contributed by atoms with E-state index in [2.05, 4.69) is 0 Å². The fourth-order valence-corrected chi connectivity index (χ4v) is 3.18. The number of aromatic nitrogens is 1. The largest absolute Gasteiger partial charge is 0.337 e. The van der Waals surface area contributed by atoms with Crippen molar-refractivity contribution >= 4 is 15.7 Å². The molecule has 0 radical (unpaired) electrons. The van der Waals surface area contributed by atoms with Gasteiger partial charge in [-0.2, -0.15) is 0 Å². The highest BCUT2D eigenvalue weighted by Crippen LogP contribution is 2.17. The zero-order chi connectivity index (χ0) is 14.2. The molecule has 1 saturated heterocycles. The van der Waals surface area contributed by atoms with Gasteiger partial charge in [-0.25, -0.2) is 8.42 Å². The Morgan fingerprint density at radius 1 is 1.42 bits per heavy atom. The van der Waals surface area contributed by atoms with Gasteiger partial charge in [0.05, 0.1) is 5.25 Å². The zero-order valence-corrected chi connectivity index (χ0v) is 11.7. The maximum Gasteiger partial charge on any atom is 0.263 e. The summed E-state index contributed by atoms with van der Waals surface area (Å²) in [5, 5.41) is -0.524. The van der Waals surface area contributed by atoms with E-state index in [0.29, 0.717) is 13.0 Å². The maximum atomic E-state index is 12.2. The summed E-state index contributed by atoms with van der Waals surface area (Å²) < 4.78 is 24.2. The molecule has 2 rings (SSSR count). The topological polar surface area (TPSA) is 76.5 Å². The fraction of sp³-hybridized carbons (Fsp3) is 0.500. The Labute approximate surface area is 111 Å². The molecule has 0 N–H and O–H groups in total. The molecule has 19 heavy (non-hydrogen) atoms. The van der Waals surface area contributed by atoms with Gasteiger partial charge in [-0.15, -0.1) is 0 Å². The van der Waals surface area contributed by atoms with Crippen LogP contribution in [0.15, 0.2) is 23.1 Å². The van der Waals surface area contributed by atoms with Crippen molar-refractivity contribution in [1.29, 1.82) is 0 Å². The lowest BCUT2D eigenvalue weighted by molar-refractivity contribution is 0.0791. The fourth-order valence-electron chi connectivity index (χ4n) is 2.19. The molecule has 7 heteroatoms. The molecule has 1 aliphatic rings. The predicted octanol–water partition coefficient (Wildman–Crippen LogP) is -0.356. The SMILES string of the molecule is Cn1cccc(C(=O)N2CCC(S(C)(=O)=O)C2)c1=O. The highest BCUT2D eigenvalue weighted by Gasteiger charge is 2.33. The summed E-state index contributed by atoms with van der Waals surface area (Å²) in [5.41, 5.74) is -0.283. The van der Waals surface area contributed by atoms with Gasteiger partial charge in [-0.3, -0.25) is 9.59 Å². The van der Waals surface area contributed by atoms with Crippen molar-refractivity contribution in [3.05, 3.63) is 34.2 Å². The number of likely N-dealkylation sites (tertiary alicyclic amines) is 1. The second-order valence-electron chi connectivity index (χ2n) is 4.83. The highest BCUT2D eigenvalue weighted by molar-refractivity contribution is 7.91. The van der Waals surface area contributed by atoms with Crippen molar-refractivity contribution < 1.29 is 13.2 Å². The molecule has 0 saturated carbocycles. The van der Waals surface area contributed by atoms with E-state index in [-0.39, 0.29) is 17.7 Å². The van der Waals surface area contributed by atoms with Gasteiger partial charge < -0.3 is 9.47 Å². The van der Waals surface area contributed by atoms with E-state index in [4.69, 9.17) is 0 Å². The molecule has 1 atom stereocenters. The number of rotatable bonds is 2. The second-order valence-corrected chi connectivity index (χ2v) is 7.16. The van der Waals surface area contributed by atoms with E-state index >= 15 is 0 Å². The molecule has 1 unspecified atom stereocenters. The lowest BCUT2D eigenvalue weighted by Gasteiger charge is -2.16. The monoisotopic (exact) mass is 284 g/mol. The van der Waals surface area contributed by atoms with E-state index in [1.807, 2.05) is 0 Å². The van der Waals surface area contributed by atoms with Crippen LogP contribution in [-0.2, 0) is 16.9 Å². The van der Waals surface area contributed by atoms with Gasteiger partial charge >= 0.3 is 0 Å². The van der Waals surface area contributed by atoms with Gasteiger partial charge in [0.1, 0.15) is 5.56 Å². The minimum Gasteiger partial charge on any atom is -0.337 e. The number of sulfone groups is 1. The first-order valence-corrected chi connectivity index (χ1v) is 7.90. The van der Waals surface area contributed by atoms with Crippen molar-refractivity contribution in [3.8, 4) is 0 Å². The van der Waals surface area contributed by atoms with E-state index in [9.17, 15) is 18.0 Å². The Morgan fingerprint density at radius 2 is 2.11 bits per heavy atom. The van der Waals surface area contributed by atoms with Crippen LogP contribution >= 0.6 is 0 Å². The summed E-state index contributed by atoms with van der Waals surface area (Å²) in [6, 6.07) is 3.09. The van der Waals surface area contributed by atoms with E-state index < -0.39 is 21.0 Å². The van der Waals surface area contributed by atoms with Crippen molar-refractivity contribution in [2.75, 3.05) is 19.3 Å². The van der Waals surface area contributed by atoms with Crippen LogP contribution in [0.1, 0.15) is 16.8 Å². The third kappa shape index (κ3) is 2.70. The third-order valence-corrected chi connectivity index (χ3v) is 4.99. The van der Waals surface area contributed by atoms with Crippen LogP contribution in [0.2, 0.25) is 0 Å². The first-order valence-electron chi connectivity index (χ1n) is 5.94. The van der Waals surface area contributed by atoms with Gasteiger partial charge in [0.2, 0.25) is 0 Å². The molecule has 0 bridgehead atoms. The Kier molecular flexibility index (Phi) is 3.49. The number of hydrogen-bond donors (Lipinski definition) is 0. The molecule has 0 aliphatic carbocycles. The molecule has 0 spiro atoms. The average molecular weight is 284 g/mol. The molecule has 2 heterocycles. The summed E-state index contributed by atoms with van der Waals surface area (Å²) in [6.07, 6.45) is 3.17. The normalized spacial score (nSPS) is 19.7. The molecule has 1 amide bonds. The molecular formula is C12H16N2O4S. The van der Waals surface area contributed by atoms with Crippen molar-refractivity contribution in [2.24, 2.45) is 7.05 Å². The van der Waals surface area contributed by atoms with Gasteiger partial charge in [0.25, 0.3) is 11.5 Å². The summed E-state index contributed by atoms with van der Waals surface area (Å²) in [4.78, 5) is 25.5. The zero-order valence-electron chi connectivity index (χ0n) is 10.9. The first-order chi connectivity index (χ1) is 8.80. The molecule has 1 aromatic heterocycles. The van der Waals surface area contributed by atoms with Crippen LogP contribution in [0, 0.1) is 0 Å². The first kappa shape index (κ1) is 13.8. The molecule has 0 aromatic carbocycles. The van der Waals surface area contributed by atoms with E-state index in [1.165, 1.54) is 21.8 Å². The Morgan fingerprint density at radius 3 is 2.68 bits per heavy atom. The standard InChI is InChI=1S/C12H16N2O4S/c1-13-6-3-4-10(11(13)15)12(16)14-7-5-9(8-14)19(2,17)18/h3-4,6,9H,5,7-8H2,1-2H3.